The van der Waals surface area contributed by atoms with E-state index in [1.54, 1.807) is 6.07 Å². The SMILES string of the molecule is CCCNc1ncnc(Oc2cc(Cl)c(Cl)cc2Cl)c1C. The predicted octanol–water partition coefficient (Wildman–Crippen LogP) is 5.36. The minimum Gasteiger partial charge on any atom is -0.437 e. The fraction of sp³-hybridized carbons (Fsp3) is 0.286. The summed E-state index contributed by atoms with van der Waals surface area (Å²) in [6, 6.07) is 3.10. The lowest BCUT2D eigenvalue weighted by Gasteiger charge is -2.12. The summed E-state index contributed by atoms with van der Waals surface area (Å²) in [6.45, 7) is 4.78. The molecule has 0 fully saturated rings. The Hall–Kier alpha value is -1.23. The molecule has 1 N–H and O–H groups in total. The molecule has 2 aromatic rings. The Balaban J connectivity index is 2.29. The molecule has 0 unspecified atom stereocenters. The molecule has 0 radical (unpaired) electrons. The van der Waals surface area contributed by atoms with E-state index in [0.29, 0.717) is 26.7 Å². The summed E-state index contributed by atoms with van der Waals surface area (Å²) in [6.07, 6.45) is 2.43. The zero-order chi connectivity index (χ0) is 15.4. The molecule has 0 atom stereocenters. The van der Waals surface area contributed by atoms with Crippen LogP contribution >= 0.6 is 34.8 Å². The van der Waals surface area contributed by atoms with Crippen LogP contribution in [0.25, 0.3) is 0 Å². The minimum atomic E-state index is 0.366. The Bertz CT molecular complexity index is 650. The van der Waals surface area contributed by atoms with Crippen molar-refractivity contribution in [2.45, 2.75) is 20.3 Å². The van der Waals surface area contributed by atoms with Gasteiger partial charge >= 0.3 is 0 Å². The van der Waals surface area contributed by atoms with Crippen LogP contribution in [-0.2, 0) is 0 Å². The van der Waals surface area contributed by atoms with Crippen LogP contribution in [0, 0.1) is 6.92 Å². The van der Waals surface area contributed by atoms with Crippen molar-refractivity contribution in [3.8, 4) is 11.6 Å². The summed E-state index contributed by atoms with van der Waals surface area (Å²) in [5.74, 6) is 1.55. The molecule has 0 saturated carbocycles. The quantitative estimate of drug-likeness (QED) is 0.740. The first-order chi connectivity index (χ1) is 10.0. The van der Waals surface area contributed by atoms with Gasteiger partial charge < -0.3 is 10.1 Å². The molecule has 1 aromatic carbocycles. The fourth-order valence-corrected chi connectivity index (χ4v) is 2.22. The molecule has 4 nitrogen and oxygen atoms in total. The van der Waals surface area contributed by atoms with E-state index in [-0.39, 0.29) is 0 Å². The van der Waals surface area contributed by atoms with E-state index >= 15 is 0 Å². The van der Waals surface area contributed by atoms with E-state index in [0.717, 1.165) is 24.3 Å². The maximum Gasteiger partial charge on any atom is 0.227 e. The van der Waals surface area contributed by atoms with E-state index in [1.807, 2.05) is 6.92 Å². The highest BCUT2D eigenvalue weighted by Gasteiger charge is 2.12. The maximum absolute atomic E-state index is 6.10. The largest absolute Gasteiger partial charge is 0.437 e. The number of nitrogens with zero attached hydrogens (tertiary/aromatic N) is 2. The number of anilines is 1. The Labute approximate surface area is 138 Å². The van der Waals surface area contributed by atoms with E-state index in [4.69, 9.17) is 39.5 Å². The molecule has 1 aromatic heterocycles. The van der Waals surface area contributed by atoms with Gasteiger partial charge in [0.15, 0.2) is 0 Å². The lowest BCUT2D eigenvalue weighted by Crippen LogP contribution is -2.05. The molecule has 1 heterocycles. The highest BCUT2D eigenvalue weighted by Crippen LogP contribution is 2.37. The summed E-state index contributed by atoms with van der Waals surface area (Å²) in [7, 11) is 0. The number of hydrogen-bond acceptors (Lipinski definition) is 4. The van der Waals surface area contributed by atoms with Gasteiger partial charge in [-0.25, -0.2) is 9.97 Å². The van der Waals surface area contributed by atoms with Crippen LogP contribution < -0.4 is 10.1 Å². The van der Waals surface area contributed by atoms with Crippen molar-refractivity contribution in [2.75, 3.05) is 11.9 Å². The summed E-state index contributed by atoms with van der Waals surface area (Å²) in [4.78, 5) is 8.32. The number of benzene rings is 1. The van der Waals surface area contributed by atoms with Crippen molar-refractivity contribution in [1.82, 2.24) is 9.97 Å². The Morgan fingerprint density at radius 3 is 2.52 bits per heavy atom. The normalized spacial score (nSPS) is 10.5. The van der Waals surface area contributed by atoms with Gasteiger partial charge in [-0.2, -0.15) is 0 Å². The Morgan fingerprint density at radius 1 is 1.10 bits per heavy atom. The van der Waals surface area contributed by atoms with Crippen LogP contribution in [-0.4, -0.2) is 16.5 Å². The van der Waals surface area contributed by atoms with Gasteiger partial charge in [0.2, 0.25) is 5.88 Å². The first-order valence-electron chi connectivity index (χ1n) is 6.40. The third kappa shape index (κ3) is 3.90. The number of halogens is 3. The second-order valence-electron chi connectivity index (χ2n) is 4.38. The van der Waals surface area contributed by atoms with Crippen LogP contribution in [0.1, 0.15) is 18.9 Å². The van der Waals surface area contributed by atoms with Gasteiger partial charge in [0, 0.05) is 12.6 Å². The average molecular weight is 347 g/mol. The van der Waals surface area contributed by atoms with E-state index in [2.05, 4.69) is 22.2 Å². The van der Waals surface area contributed by atoms with E-state index < -0.39 is 0 Å². The standard InChI is InChI=1S/C14H14Cl3N3O/c1-3-4-18-13-8(2)14(20-7-19-13)21-12-6-10(16)9(15)5-11(12)17/h5-7H,3-4H2,1-2H3,(H,18,19,20). The number of hydrogen-bond donors (Lipinski definition) is 1. The number of nitrogens with one attached hydrogen (secondary N) is 1. The van der Waals surface area contributed by atoms with Gasteiger partial charge in [-0.1, -0.05) is 41.7 Å². The van der Waals surface area contributed by atoms with Gasteiger partial charge in [0.25, 0.3) is 0 Å². The maximum atomic E-state index is 6.10. The predicted molar refractivity (Wildman–Crippen MR) is 87.1 cm³/mol. The first-order valence-corrected chi connectivity index (χ1v) is 7.54. The lowest BCUT2D eigenvalue weighted by molar-refractivity contribution is 0.458. The summed E-state index contributed by atoms with van der Waals surface area (Å²) < 4.78 is 5.73. The lowest BCUT2D eigenvalue weighted by atomic mass is 10.3. The molecule has 2 rings (SSSR count). The van der Waals surface area contributed by atoms with Gasteiger partial charge in [-0.05, 0) is 19.4 Å². The zero-order valence-corrected chi connectivity index (χ0v) is 13.9. The van der Waals surface area contributed by atoms with Crippen molar-refractivity contribution in [2.24, 2.45) is 0 Å². The van der Waals surface area contributed by atoms with Crippen molar-refractivity contribution in [3.05, 3.63) is 39.1 Å². The first kappa shape index (κ1) is 16.1. The van der Waals surface area contributed by atoms with Crippen molar-refractivity contribution >= 4 is 40.6 Å². The van der Waals surface area contributed by atoms with Crippen LogP contribution in [0.2, 0.25) is 15.1 Å². The number of rotatable bonds is 5. The molecule has 0 saturated heterocycles. The second kappa shape index (κ2) is 7.16. The molecule has 0 aliphatic heterocycles. The van der Waals surface area contributed by atoms with Crippen LogP contribution in [0.5, 0.6) is 11.6 Å². The molecule has 0 bridgehead atoms. The van der Waals surface area contributed by atoms with Crippen molar-refractivity contribution in [1.29, 1.82) is 0 Å². The number of aromatic nitrogens is 2. The average Bonchev–Trinajstić information content (AvgIpc) is 2.45. The van der Waals surface area contributed by atoms with Gasteiger partial charge in [-0.15, -0.1) is 0 Å². The summed E-state index contributed by atoms with van der Waals surface area (Å²) in [5.41, 5.74) is 0.799. The molecule has 0 aliphatic rings. The molecule has 0 amide bonds. The third-order valence-corrected chi connectivity index (χ3v) is 3.78. The summed E-state index contributed by atoms with van der Waals surface area (Å²) in [5, 5.41) is 4.32. The minimum absolute atomic E-state index is 0.366. The van der Waals surface area contributed by atoms with Gasteiger partial charge in [0.1, 0.15) is 17.9 Å². The smallest absolute Gasteiger partial charge is 0.227 e. The molecular formula is C14H14Cl3N3O. The van der Waals surface area contributed by atoms with Gasteiger partial charge in [-0.3, -0.25) is 0 Å². The van der Waals surface area contributed by atoms with Crippen LogP contribution in [0.15, 0.2) is 18.5 Å². The fourth-order valence-electron chi connectivity index (χ4n) is 1.65. The highest BCUT2D eigenvalue weighted by atomic mass is 35.5. The zero-order valence-electron chi connectivity index (χ0n) is 11.6. The molecule has 21 heavy (non-hydrogen) atoms. The highest BCUT2D eigenvalue weighted by molar-refractivity contribution is 6.43. The van der Waals surface area contributed by atoms with Crippen LogP contribution in [0.4, 0.5) is 5.82 Å². The van der Waals surface area contributed by atoms with Crippen molar-refractivity contribution in [3.63, 3.8) is 0 Å². The second-order valence-corrected chi connectivity index (χ2v) is 5.60. The monoisotopic (exact) mass is 345 g/mol. The molecule has 7 heteroatoms. The third-order valence-electron chi connectivity index (χ3n) is 2.76. The van der Waals surface area contributed by atoms with Gasteiger partial charge in [0.05, 0.1) is 20.6 Å². The molecule has 0 aliphatic carbocycles. The topological polar surface area (TPSA) is 47.0 Å². The van der Waals surface area contributed by atoms with E-state index in [9.17, 15) is 0 Å². The molecular weight excluding hydrogens is 333 g/mol. The molecule has 0 spiro atoms. The van der Waals surface area contributed by atoms with E-state index in [1.165, 1.54) is 12.4 Å². The molecule has 112 valence electrons. The summed E-state index contributed by atoms with van der Waals surface area (Å²) >= 11 is 18.0. The number of ether oxygens (including phenoxy) is 1. The van der Waals surface area contributed by atoms with Crippen molar-refractivity contribution < 1.29 is 4.74 Å². The Kier molecular flexibility index (Phi) is 5.51. The van der Waals surface area contributed by atoms with Crippen LogP contribution in [0.3, 0.4) is 0 Å². The Morgan fingerprint density at radius 2 is 1.81 bits per heavy atom.